The van der Waals surface area contributed by atoms with E-state index in [9.17, 15) is 13.2 Å². The molecule has 11 heteroatoms. The van der Waals surface area contributed by atoms with Crippen molar-refractivity contribution in [3.05, 3.63) is 77.4 Å². The van der Waals surface area contributed by atoms with Gasteiger partial charge in [-0.1, -0.05) is 17.4 Å². The van der Waals surface area contributed by atoms with E-state index in [1.165, 1.54) is 35.1 Å². The number of hydrogen-bond acceptors (Lipinski definition) is 8. The predicted molar refractivity (Wildman–Crippen MR) is 160 cm³/mol. The molecule has 1 amide bonds. The van der Waals surface area contributed by atoms with Crippen molar-refractivity contribution < 1.29 is 17.9 Å². The number of nitrogens with zero attached hydrogens (tertiary/aromatic N) is 3. The van der Waals surface area contributed by atoms with E-state index in [4.69, 9.17) is 9.72 Å². The smallest absolute Gasteiger partial charge is 0.261 e. The number of rotatable bonds is 9. The Morgan fingerprint density at radius 2 is 1.70 bits per heavy atom. The minimum Gasteiger partial charge on any atom is -0.497 e. The number of methoxy groups -OCH3 is 1. The summed E-state index contributed by atoms with van der Waals surface area (Å²) in [4.78, 5) is 22.4. The number of aromatic nitrogens is 1. The first-order valence-corrected chi connectivity index (χ1v) is 15.4. The van der Waals surface area contributed by atoms with Gasteiger partial charge in [-0.15, -0.1) is 0 Å². The summed E-state index contributed by atoms with van der Waals surface area (Å²) in [5.41, 5.74) is 4.43. The maximum atomic E-state index is 12.6. The van der Waals surface area contributed by atoms with E-state index >= 15 is 0 Å². The number of amides is 1. The monoisotopic (exact) mass is 579 g/mol. The standard InChI is InChI=1S/C29H33N5O4S2/c1-20-18-21(2)27-26(19-20)39-29(31-27)34-16-14-33(15-17-34)13-12-30-28(35)22-4-6-23(7-5-22)32-40(36,37)25-10-8-24(38-3)9-11-25/h4-11,18-19,32H,12-17H2,1-3H3,(H,30,35). The summed E-state index contributed by atoms with van der Waals surface area (Å²) in [7, 11) is -2.23. The first kappa shape index (κ1) is 27.9. The van der Waals surface area contributed by atoms with Crippen LogP contribution < -0.4 is 19.7 Å². The molecule has 9 nitrogen and oxygen atoms in total. The molecule has 0 radical (unpaired) electrons. The third kappa shape index (κ3) is 6.38. The fraction of sp³-hybridized carbons (Fsp3) is 0.310. The van der Waals surface area contributed by atoms with Crippen LogP contribution >= 0.6 is 11.3 Å². The zero-order valence-corrected chi connectivity index (χ0v) is 24.4. The maximum Gasteiger partial charge on any atom is 0.261 e. The number of anilines is 2. The van der Waals surface area contributed by atoms with Crippen LogP contribution in [-0.4, -0.2) is 70.6 Å². The lowest BCUT2D eigenvalue weighted by molar-refractivity contribution is 0.0948. The third-order valence-electron chi connectivity index (χ3n) is 6.94. The molecule has 3 aromatic carbocycles. The fourth-order valence-electron chi connectivity index (χ4n) is 4.75. The summed E-state index contributed by atoms with van der Waals surface area (Å²) in [6, 6.07) is 16.9. The molecule has 1 aliphatic rings. The Labute approximate surface area is 238 Å². The SMILES string of the molecule is COc1ccc(S(=O)(=O)Nc2ccc(C(=O)NCCN3CCN(c4nc5c(C)cc(C)cc5s4)CC3)cc2)cc1. The van der Waals surface area contributed by atoms with Crippen molar-refractivity contribution >= 4 is 48.3 Å². The average Bonchev–Trinajstić information content (AvgIpc) is 3.38. The van der Waals surface area contributed by atoms with Gasteiger partial charge in [0.25, 0.3) is 15.9 Å². The Hall–Kier alpha value is -3.67. The molecular weight excluding hydrogens is 546 g/mol. The van der Waals surface area contributed by atoms with Gasteiger partial charge >= 0.3 is 0 Å². The van der Waals surface area contributed by atoms with Gasteiger partial charge < -0.3 is 15.0 Å². The highest BCUT2D eigenvalue weighted by Gasteiger charge is 2.20. The summed E-state index contributed by atoms with van der Waals surface area (Å²) < 4.78 is 34.1. The van der Waals surface area contributed by atoms with Crippen LogP contribution in [0.5, 0.6) is 5.75 Å². The zero-order chi connectivity index (χ0) is 28.3. The summed E-state index contributed by atoms with van der Waals surface area (Å²) in [5, 5.41) is 4.04. The number of nitrogens with one attached hydrogen (secondary N) is 2. The first-order chi connectivity index (χ1) is 19.2. The predicted octanol–water partition coefficient (Wildman–Crippen LogP) is 4.27. The molecule has 1 saturated heterocycles. The van der Waals surface area contributed by atoms with E-state index in [0.29, 0.717) is 23.5 Å². The summed E-state index contributed by atoms with van der Waals surface area (Å²) in [6.45, 7) is 9.15. The number of sulfonamides is 1. The summed E-state index contributed by atoms with van der Waals surface area (Å²) in [6.07, 6.45) is 0. The third-order valence-corrected chi connectivity index (χ3v) is 9.40. The highest BCUT2D eigenvalue weighted by Crippen LogP contribution is 2.32. The van der Waals surface area contributed by atoms with Gasteiger partial charge in [0.1, 0.15) is 5.75 Å². The number of hydrogen-bond donors (Lipinski definition) is 2. The number of benzene rings is 3. The molecular formula is C29H33N5O4S2. The van der Waals surface area contributed by atoms with Crippen molar-refractivity contribution in [1.82, 2.24) is 15.2 Å². The van der Waals surface area contributed by atoms with Crippen molar-refractivity contribution in [3.63, 3.8) is 0 Å². The Kier molecular flexibility index (Phi) is 8.24. The molecule has 1 fully saturated rings. The molecule has 4 aromatic rings. The van der Waals surface area contributed by atoms with Gasteiger partial charge in [0, 0.05) is 50.5 Å². The number of ether oxygens (including phenoxy) is 1. The lowest BCUT2D eigenvalue weighted by Crippen LogP contribution is -2.48. The second-order valence-corrected chi connectivity index (χ2v) is 12.6. The molecule has 1 aromatic heterocycles. The van der Waals surface area contributed by atoms with E-state index in [1.807, 2.05) is 0 Å². The summed E-state index contributed by atoms with van der Waals surface area (Å²) in [5.74, 6) is 0.384. The number of piperazine rings is 1. The highest BCUT2D eigenvalue weighted by molar-refractivity contribution is 7.92. The number of carbonyl (C=O) groups is 1. The van der Waals surface area contributed by atoms with E-state index in [2.05, 4.69) is 45.8 Å². The lowest BCUT2D eigenvalue weighted by atomic mass is 10.1. The van der Waals surface area contributed by atoms with Crippen LogP contribution in [-0.2, 0) is 10.0 Å². The van der Waals surface area contributed by atoms with E-state index in [0.717, 1.165) is 43.4 Å². The summed E-state index contributed by atoms with van der Waals surface area (Å²) >= 11 is 1.75. The Morgan fingerprint density at radius 3 is 2.38 bits per heavy atom. The molecule has 0 aliphatic carbocycles. The van der Waals surface area contributed by atoms with Crippen LogP contribution in [0.1, 0.15) is 21.5 Å². The number of carbonyl (C=O) groups excluding carboxylic acids is 1. The normalized spacial score (nSPS) is 14.3. The minimum absolute atomic E-state index is 0.126. The van der Waals surface area contributed by atoms with Gasteiger partial charge in [-0.25, -0.2) is 13.4 Å². The average molecular weight is 580 g/mol. The van der Waals surface area contributed by atoms with E-state index in [1.54, 1.807) is 47.7 Å². The molecule has 1 aliphatic heterocycles. The van der Waals surface area contributed by atoms with E-state index in [-0.39, 0.29) is 10.8 Å². The number of thiazole rings is 1. The van der Waals surface area contributed by atoms with Gasteiger partial charge in [-0.3, -0.25) is 14.4 Å². The maximum absolute atomic E-state index is 12.6. The fourth-order valence-corrected chi connectivity index (χ4v) is 7.00. The van der Waals surface area contributed by atoms with Crippen molar-refractivity contribution in [1.29, 1.82) is 0 Å². The van der Waals surface area contributed by atoms with Gasteiger partial charge in [0.15, 0.2) is 5.13 Å². The van der Waals surface area contributed by atoms with Crippen molar-refractivity contribution in [2.45, 2.75) is 18.7 Å². The second kappa shape index (κ2) is 11.8. The topological polar surface area (TPSA) is 104 Å². The van der Waals surface area contributed by atoms with Crippen LogP contribution in [0.3, 0.4) is 0 Å². The molecule has 5 rings (SSSR count). The Balaban J connectivity index is 1.08. The molecule has 0 atom stereocenters. The van der Waals surface area contributed by atoms with Crippen molar-refractivity contribution in [2.75, 3.05) is 56.0 Å². The molecule has 210 valence electrons. The van der Waals surface area contributed by atoms with Crippen LogP contribution in [0.15, 0.2) is 65.6 Å². The first-order valence-electron chi connectivity index (χ1n) is 13.1. The van der Waals surface area contributed by atoms with E-state index < -0.39 is 10.0 Å². The lowest BCUT2D eigenvalue weighted by Gasteiger charge is -2.34. The number of fused-ring (bicyclic) bond motifs is 1. The largest absolute Gasteiger partial charge is 0.497 e. The van der Waals surface area contributed by atoms with Gasteiger partial charge in [0.2, 0.25) is 0 Å². The zero-order valence-electron chi connectivity index (χ0n) is 22.8. The molecule has 2 heterocycles. The van der Waals surface area contributed by atoms with Crippen molar-refractivity contribution in [2.24, 2.45) is 0 Å². The number of aryl methyl sites for hydroxylation is 2. The Morgan fingerprint density at radius 1 is 1.00 bits per heavy atom. The van der Waals surface area contributed by atoms with Crippen LogP contribution in [0.4, 0.5) is 10.8 Å². The molecule has 40 heavy (non-hydrogen) atoms. The van der Waals surface area contributed by atoms with Gasteiger partial charge in [-0.05, 0) is 79.6 Å². The van der Waals surface area contributed by atoms with Crippen LogP contribution in [0, 0.1) is 13.8 Å². The molecule has 0 spiro atoms. The van der Waals surface area contributed by atoms with Crippen LogP contribution in [0.25, 0.3) is 10.2 Å². The van der Waals surface area contributed by atoms with Crippen molar-refractivity contribution in [3.8, 4) is 5.75 Å². The second-order valence-electron chi connectivity index (χ2n) is 9.87. The van der Waals surface area contributed by atoms with Crippen LogP contribution in [0.2, 0.25) is 0 Å². The molecule has 2 N–H and O–H groups in total. The molecule has 0 saturated carbocycles. The van der Waals surface area contributed by atoms with Gasteiger partial charge in [0.05, 0.1) is 22.2 Å². The Bertz CT molecular complexity index is 1590. The molecule has 0 unspecified atom stereocenters. The quantitative estimate of drug-likeness (QED) is 0.305. The molecule has 0 bridgehead atoms. The minimum atomic E-state index is -3.75. The highest BCUT2D eigenvalue weighted by atomic mass is 32.2. The van der Waals surface area contributed by atoms with Gasteiger partial charge in [-0.2, -0.15) is 0 Å².